The molecule has 0 aliphatic rings. The van der Waals surface area contributed by atoms with Gasteiger partial charge in [-0.25, -0.2) is 0 Å². The Labute approximate surface area is 90.5 Å². The molecule has 0 bridgehead atoms. The average molecular weight is 213 g/mol. The van der Waals surface area contributed by atoms with Crippen LogP contribution in [0.15, 0.2) is 23.0 Å². The number of furan rings is 1. The molecule has 1 rings (SSSR count). The molecule has 0 spiro atoms. The van der Waals surface area contributed by atoms with Crippen LogP contribution < -0.4 is 5.32 Å². The number of thioether (sulfide) groups is 1. The minimum absolute atomic E-state index is 0.440. The third kappa shape index (κ3) is 3.76. The van der Waals surface area contributed by atoms with Crippen LogP contribution in [-0.4, -0.2) is 18.1 Å². The second-order valence-electron chi connectivity index (χ2n) is 3.24. The van der Waals surface area contributed by atoms with Crippen LogP contribution in [0.3, 0.4) is 0 Å². The first-order chi connectivity index (χ1) is 6.88. The van der Waals surface area contributed by atoms with E-state index in [0.29, 0.717) is 6.04 Å². The van der Waals surface area contributed by atoms with Gasteiger partial charge in [-0.3, -0.25) is 0 Å². The van der Waals surface area contributed by atoms with Gasteiger partial charge in [0.05, 0.1) is 12.5 Å². The van der Waals surface area contributed by atoms with Crippen LogP contribution in [-0.2, 0) is 0 Å². The lowest BCUT2D eigenvalue weighted by atomic mass is 10.2. The zero-order valence-electron chi connectivity index (χ0n) is 8.95. The van der Waals surface area contributed by atoms with Crippen molar-refractivity contribution in [2.75, 3.05) is 18.1 Å². The highest BCUT2D eigenvalue weighted by molar-refractivity contribution is 7.99. The SMILES string of the molecule is CCCSCC(NCC)c1ccoc1. The first-order valence-electron chi connectivity index (χ1n) is 5.21. The van der Waals surface area contributed by atoms with E-state index in [-0.39, 0.29) is 0 Å². The van der Waals surface area contributed by atoms with Crippen LogP contribution in [0.5, 0.6) is 0 Å². The Morgan fingerprint density at radius 3 is 2.93 bits per heavy atom. The second-order valence-corrected chi connectivity index (χ2v) is 4.39. The molecule has 0 aliphatic carbocycles. The zero-order chi connectivity index (χ0) is 10.2. The van der Waals surface area contributed by atoms with Crippen molar-refractivity contribution in [2.24, 2.45) is 0 Å². The Morgan fingerprint density at radius 2 is 2.36 bits per heavy atom. The maximum absolute atomic E-state index is 5.10. The van der Waals surface area contributed by atoms with Crippen molar-refractivity contribution in [2.45, 2.75) is 26.3 Å². The van der Waals surface area contributed by atoms with Crippen LogP contribution in [0, 0.1) is 0 Å². The van der Waals surface area contributed by atoms with Crippen molar-refractivity contribution in [3.05, 3.63) is 24.2 Å². The van der Waals surface area contributed by atoms with E-state index in [1.54, 1.807) is 6.26 Å². The Kier molecular flexibility index (Phi) is 5.80. The van der Waals surface area contributed by atoms with Gasteiger partial charge in [0.1, 0.15) is 0 Å². The van der Waals surface area contributed by atoms with E-state index in [1.807, 2.05) is 24.1 Å². The van der Waals surface area contributed by atoms with E-state index in [1.165, 1.54) is 17.7 Å². The van der Waals surface area contributed by atoms with Gasteiger partial charge in [-0.15, -0.1) is 0 Å². The van der Waals surface area contributed by atoms with Crippen LogP contribution in [0.25, 0.3) is 0 Å². The molecule has 0 fully saturated rings. The molecule has 1 heterocycles. The molecule has 0 aliphatic heterocycles. The van der Waals surface area contributed by atoms with E-state index in [4.69, 9.17) is 4.42 Å². The molecule has 0 saturated heterocycles. The molecule has 1 aromatic rings. The van der Waals surface area contributed by atoms with Crippen molar-refractivity contribution in [1.29, 1.82) is 0 Å². The summed E-state index contributed by atoms with van der Waals surface area (Å²) in [4.78, 5) is 0. The minimum atomic E-state index is 0.440. The summed E-state index contributed by atoms with van der Waals surface area (Å²) >= 11 is 2.00. The van der Waals surface area contributed by atoms with E-state index in [2.05, 4.69) is 19.2 Å². The van der Waals surface area contributed by atoms with E-state index in [0.717, 1.165) is 12.3 Å². The summed E-state index contributed by atoms with van der Waals surface area (Å²) in [5.74, 6) is 2.36. The highest BCUT2D eigenvalue weighted by Crippen LogP contribution is 2.19. The molecule has 3 heteroatoms. The van der Waals surface area contributed by atoms with Crippen molar-refractivity contribution in [1.82, 2.24) is 5.32 Å². The van der Waals surface area contributed by atoms with Gasteiger partial charge < -0.3 is 9.73 Å². The minimum Gasteiger partial charge on any atom is -0.472 e. The van der Waals surface area contributed by atoms with Gasteiger partial charge in [-0.1, -0.05) is 13.8 Å². The lowest BCUT2D eigenvalue weighted by Gasteiger charge is -2.15. The molecular formula is C11H19NOS. The largest absolute Gasteiger partial charge is 0.472 e. The van der Waals surface area contributed by atoms with Gasteiger partial charge in [-0.2, -0.15) is 11.8 Å². The third-order valence-corrected chi connectivity index (χ3v) is 3.30. The van der Waals surface area contributed by atoms with Crippen molar-refractivity contribution in [3.8, 4) is 0 Å². The molecular weight excluding hydrogens is 194 g/mol. The molecule has 1 atom stereocenters. The van der Waals surface area contributed by atoms with Crippen molar-refractivity contribution < 1.29 is 4.42 Å². The molecule has 2 nitrogen and oxygen atoms in total. The predicted molar refractivity (Wildman–Crippen MR) is 62.7 cm³/mol. The molecule has 80 valence electrons. The summed E-state index contributed by atoms with van der Waals surface area (Å²) in [5, 5.41) is 3.46. The van der Waals surface area contributed by atoms with Gasteiger partial charge >= 0.3 is 0 Å². The van der Waals surface area contributed by atoms with Gasteiger partial charge in [0, 0.05) is 17.4 Å². The molecule has 0 saturated carbocycles. The first-order valence-corrected chi connectivity index (χ1v) is 6.37. The smallest absolute Gasteiger partial charge is 0.0950 e. The number of rotatable bonds is 7. The Balaban J connectivity index is 2.39. The third-order valence-electron chi connectivity index (χ3n) is 2.03. The highest BCUT2D eigenvalue weighted by atomic mass is 32.2. The van der Waals surface area contributed by atoms with Gasteiger partial charge in [0.2, 0.25) is 0 Å². The number of hydrogen-bond acceptors (Lipinski definition) is 3. The lowest BCUT2D eigenvalue weighted by molar-refractivity contribution is 0.548. The monoisotopic (exact) mass is 213 g/mol. The summed E-state index contributed by atoms with van der Waals surface area (Å²) < 4.78 is 5.10. The maximum Gasteiger partial charge on any atom is 0.0950 e. The van der Waals surface area contributed by atoms with Crippen LogP contribution in [0.1, 0.15) is 31.9 Å². The summed E-state index contributed by atoms with van der Waals surface area (Å²) in [7, 11) is 0. The highest BCUT2D eigenvalue weighted by Gasteiger charge is 2.10. The maximum atomic E-state index is 5.10. The van der Waals surface area contributed by atoms with Gasteiger partial charge in [-0.05, 0) is 24.8 Å². The van der Waals surface area contributed by atoms with Crippen LogP contribution in [0.4, 0.5) is 0 Å². The fourth-order valence-corrected chi connectivity index (χ4v) is 2.34. The summed E-state index contributed by atoms with van der Waals surface area (Å²) in [6.07, 6.45) is 4.82. The zero-order valence-corrected chi connectivity index (χ0v) is 9.77. The lowest BCUT2D eigenvalue weighted by Crippen LogP contribution is -2.22. The Hall–Kier alpha value is -0.410. The molecule has 0 radical (unpaired) electrons. The van der Waals surface area contributed by atoms with E-state index in [9.17, 15) is 0 Å². The average Bonchev–Trinajstić information content (AvgIpc) is 2.70. The number of hydrogen-bond donors (Lipinski definition) is 1. The van der Waals surface area contributed by atoms with Crippen molar-refractivity contribution in [3.63, 3.8) is 0 Å². The molecule has 0 aromatic carbocycles. The van der Waals surface area contributed by atoms with E-state index < -0.39 is 0 Å². The predicted octanol–water partition coefficient (Wildman–Crippen LogP) is 3.07. The topological polar surface area (TPSA) is 25.2 Å². The molecule has 1 unspecified atom stereocenters. The first kappa shape index (κ1) is 11.7. The number of nitrogens with one attached hydrogen (secondary N) is 1. The molecule has 0 amide bonds. The summed E-state index contributed by atoms with van der Waals surface area (Å²) in [6, 6.07) is 2.48. The Bertz CT molecular complexity index is 223. The van der Waals surface area contributed by atoms with Crippen LogP contribution in [0.2, 0.25) is 0 Å². The van der Waals surface area contributed by atoms with Crippen molar-refractivity contribution >= 4 is 11.8 Å². The molecule has 1 N–H and O–H groups in total. The second kappa shape index (κ2) is 6.96. The van der Waals surface area contributed by atoms with Gasteiger partial charge in [0.25, 0.3) is 0 Å². The quantitative estimate of drug-likeness (QED) is 0.705. The fraction of sp³-hybridized carbons (Fsp3) is 0.636. The summed E-state index contributed by atoms with van der Waals surface area (Å²) in [6.45, 7) is 5.35. The standard InChI is InChI=1S/C11H19NOS/c1-3-7-14-9-11(12-4-2)10-5-6-13-8-10/h5-6,8,11-12H,3-4,7,9H2,1-2H3. The molecule has 14 heavy (non-hydrogen) atoms. The molecule has 1 aromatic heterocycles. The van der Waals surface area contributed by atoms with E-state index >= 15 is 0 Å². The van der Waals surface area contributed by atoms with Crippen LogP contribution >= 0.6 is 11.8 Å². The summed E-state index contributed by atoms with van der Waals surface area (Å²) in [5.41, 5.74) is 1.26. The fourth-order valence-electron chi connectivity index (χ4n) is 1.34. The normalized spacial score (nSPS) is 13.0. The Morgan fingerprint density at radius 1 is 1.50 bits per heavy atom. The van der Waals surface area contributed by atoms with Gasteiger partial charge in [0.15, 0.2) is 0 Å².